The molecule has 164 valence electrons. The summed E-state index contributed by atoms with van der Waals surface area (Å²) in [6.07, 6.45) is 1.61. The van der Waals surface area contributed by atoms with Gasteiger partial charge in [0.15, 0.2) is 12.5 Å². The molecule has 0 aromatic heterocycles. The van der Waals surface area contributed by atoms with Crippen LogP contribution >= 0.6 is 24.8 Å². The molecule has 3 atom stereocenters. The molecule has 0 rings (SSSR count). The van der Waals surface area contributed by atoms with Crippen molar-refractivity contribution in [2.45, 2.75) is 78.8 Å². The Morgan fingerprint density at radius 2 is 1.26 bits per heavy atom. The molecule has 0 aromatic carbocycles. The lowest BCUT2D eigenvalue weighted by Crippen LogP contribution is -2.53. The summed E-state index contributed by atoms with van der Waals surface area (Å²) in [7, 11) is 0. The number of carbonyl (C=O) groups is 2. The number of alkyl carbamates (subject to hydrolysis) is 2. The molecule has 0 aliphatic carbocycles. The maximum Gasteiger partial charge on any atom is 0.408 e. The third-order valence-electron chi connectivity index (χ3n) is 3.84. The molecule has 0 saturated heterocycles. The highest BCUT2D eigenvalue weighted by Crippen LogP contribution is 2.13. The van der Waals surface area contributed by atoms with E-state index >= 15 is 0 Å². The van der Waals surface area contributed by atoms with Crippen LogP contribution in [0, 0.1) is 0 Å². The number of amides is 2. The first-order valence-corrected chi connectivity index (χ1v) is 9.23. The second kappa shape index (κ2) is 18.4. The monoisotopic (exact) mass is 432 g/mol. The van der Waals surface area contributed by atoms with Gasteiger partial charge in [0.25, 0.3) is 0 Å². The van der Waals surface area contributed by atoms with Crippen molar-refractivity contribution in [3.8, 4) is 0 Å². The highest BCUT2D eigenvalue weighted by molar-refractivity contribution is 5.85. The van der Waals surface area contributed by atoms with Crippen LogP contribution in [0.25, 0.3) is 0 Å². The number of hydrogen-bond acceptors (Lipinski definition) is 6. The lowest BCUT2D eigenvalue weighted by molar-refractivity contribution is -0.109. The number of halogens is 2. The molecule has 0 aromatic rings. The van der Waals surface area contributed by atoms with Crippen LogP contribution in [-0.2, 0) is 9.47 Å². The largest absolute Gasteiger partial charge is 0.430 e. The van der Waals surface area contributed by atoms with Crippen molar-refractivity contribution < 1.29 is 19.1 Å². The molecule has 27 heavy (non-hydrogen) atoms. The van der Waals surface area contributed by atoms with Gasteiger partial charge in [-0.15, -0.1) is 24.8 Å². The van der Waals surface area contributed by atoms with Crippen LogP contribution in [0.1, 0.15) is 60.3 Å². The molecule has 0 heterocycles. The van der Waals surface area contributed by atoms with Crippen molar-refractivity contribution in [3.63, 3.8) is 0 Å². The SMILES string of the molecule is CCCCNC(=O)OC(C)N(C(C)CN)C(C)OC(=O)NCCCC.Cl.Cl. The molecule has 0 spiro atoms. The van der Waals surface area contributed by atoms with E-state index in [0.717, 1.165) is 25.7 Å². The number of hydrogen-bond donors (Lipinski definition) is 3. The number of carbonyl (C=O) groups excluding carboxylic acids is 2. The van der Waals surface area contributed by atoms with Crippen LogP contribution in [0.2, 0.25) is 0 Å². The molecule has 3 unspecified atom stereocenters. The normalized spacial score (nSPS) is 13.4. The maximum absolute atomic E-state index is 11.9. The molecule has 4 N–H and O–H groups in total. The van der Waals surface area contributed by atoms with Gasteiger partial charge in [-0.2, -0.15) is 0 Å². The molecule has 0 saturated carbocycles. The van der Waals surface area contributed by atoms with Crippen LogP contribution < -0.4 is 16.4 Å². The zero-order valence-electron chi connectivity index (χ0n) is 17.2. The number of unbranched alkanes of at least 4 members (excludes halogenated alkanes) is 2. The van der Waals surface area contributed by atoms with Gasteiger partial charge in [0.2, 0.25) is 0 Å². The summed E-state index contributed by atoms with van der Waals surface area (Å²) in [4.78, 5) is 25.5. The molecular formula is C17H38Cl2N4O4. The van der Waals surface area contributed by atoms with E-state index in [0.29, 0.717) is 19.6 Å². The fourth-order valence-corrected chi connectivity index (χ4v) is 2.38. The van der Waals surface area contributed by atoms with E-state index in [2.05, 4.69) is 10.6 Å². The number of rotatable bonds is 12. The van der Waals surface area contributed by atoms with Gasteiger partial charge in [-0.25, -0.2) is 14.5 Å². The van der Waals surface area contributed by atoms with Crippen molar-refractivity contribution in [2.24, 2.45) is 5.73 Å². The van der Waals surface area contributed by atoms with Crippen LogP contribution in [0.3, 0.4) is 0 Å². The predicted molar refractivity (Wildman–Crippen MR) is 113 cm³/mol. The number of nitrogens with one attached hydrogen (secondary N) is 2. The fraction of sp³-hybridized carbons (Fsp3) is 0.882. The van der Waals surface area contributed by atoms with Crippen molar-refractivity contribution >= 4 is 37.0 Å². The predicted octanol–water partition coefficient (Wildman–Crippen LogP) is 3.22. The van der Waals surface area contributed by atoms with Crippen molar-refractivity contribution in [3.05, 3.63) is 0 Å². The molecule has 8 nitrogen and oxygen atoms in total. The summed E-state index contributed by atoms with van der Waals surface area (Å²) in [5, 5.41) is 5.40. The molecule has 0 bridgehead atoms. The Balaban J connectivity index is -0.00000288. The van der Waals surface area contributed by atoms with Crippen molar-refractivity contribution in [1.29, 1.82) is 0 Å². The summed E-state index contributed by atoms with van der Waals surface area (Å²) >= 11 is 0. The quantitative estimate of drug-likeness (QED) is 0.322. The first-order chi connectivity index (χ1) is 11.9. The summed E-state index contributed by atoms with van der Waals surface area (Å²) < 4.78 is 10.8. The minimum atomic E-state index is -0.585. The van der Waals surface area contributed by atoms with Crippen LogP contribution in [-0.4, -0.2) is 55.2 Å². The Labute approximate surface area is 176 Å². The molecule has 0 radical (unpaired) electrons. The highest BCUT2D eigenvalue weighted by atomic mass is 35.5. The topological polar surface area (TPSA) is 106 Å². The summed E-state index contributed by atoms with van der Waals surface area (Å²) in [5.74, 6) is 0. The maximum atomic E-state index is 11.9. The smallest absolute Gasteiger partial charge is 0.408 e. The van der Waals surface area contributed by atoms with Gasteiger partial charge >= 0.3 is 12.2 Å². The Hall–Kier alpha value is -0.960. The average Bonchev–Trinajstić information content (AvgIpc) is 2.55. The van der Waals surface area contributed by atoms with Crippen LogP contribution in [0.4, 0.5) is 9.59 Å². The van der Waals surface area contributed by atoms with Gasteiger partial charge in [0.1, 0.15) is 0 Å². The van der Waals surface area contributed by atoms with Crippen LogP contribution in [0.15, 0.2) is 0 Å². The lowest BCUT2D eigenvalue weighted by Gasteiger charge is -2.37. The standard InChI is InChI=1S/C17H36N4O4.2ClH/c1-6-8-10-19-16(22)24-14(4)21(13(3)12-18)15(5)25-17(23)20-11-9-7-2;;/h13-15H,6-12,18H2,1-5H3,(H,19,22)(H,20,23);2*1H. The molecule has 0 aliphatic rings. The van der Waals surface area contributed by atoms with E-state index in [1.54, 1.807) is 18.7 Å². The molecule has 10 heteroatoms. The number of nitrogens with zero attached hydrogens (tertiary/aromatic N) is 1. The third kappa shape index (κ3) is 13.8. The second-order valence-electron chi connectivity index (χ2n) is 6.10. The number of nitrogens with two attached hydrogens (primary N) is 1. The zero-order valence-corrected chi connectivity index (χ0v) is 18.8. The highest BCUT2D eigenvalue weighted by Gasteiger charge is 2.29. The Morgan fingerprint density at radius 3 is 1.56 bits per heavy atom. The van der Waals surface area contributed by atoms with E-state index in [4.69, 9.17) is 15.2 Å². The first-order valence-electron chi connectivity index (χ1n) is 9.23. The Morgan fingerprint density at radius 1 is 0.889 bits per heavy atom. The van der Waals surface area contributed by atoms with Crippen molar-refractivity contribution in [1.82, 2.24) is 15.5 Å². The summed E-state index contributed by atoms with van der Waals surface area (Å²) in [5.41, 5.74) is 5.75. The second-order valence-corrected chi connectivity index (χ2v) is 6.10. The van der Waals surface area contributed by atoms with Gasteiger partial charge in [0, 0.05) is 25.7 Å². The van der Waals surface area contributed by atoms with E-state index in [1.165, 1.54) is 0 Å². The first kappa shape index (κ1) is 30.8. The molecule has 0 aliphatic heterocycles. The van der Waals surface area contributed by atoms with Crippen molar-refractivity contribution in [2.75, 3.05) is 19.6 Å². The molecule has 0 fully saturated rings. The van der Waals surface area contributed by atoms with Gasteiger partial charge in [0.05, 0.1) is 0 Å². The minimum absolute atomic E-state index is 0. The summed E-state index contributed by atoms with van der Waals surface area (Å²) in [6.45, 7) is 10.9. The van der Waals surface area contributed by atoms with Gasteiger partial charge in [-0.1, -0.05) is 26.7 Å². The van der Waals surface area contributed by atoms with Gasteiger partial charge in [-0.3, -0.25) is 0 Å². The molecule has 2 amide bonds. The van der Waals surface area contributed by atoms with E-state index in [9.17, 15) is 9.59 Å². The van der Waals surface area contributed by atoms with E-state index in [1.807, 2.05) is 20.8 Å². The minimum Gasteiger partial charge on any atom is -0.430 e. The fourth-order valence-electron chi connectivity index (χ4n) is 2.38. The van der Waals surface area contributed by atoms with Gasteiger partial charge < -0.3 is 25.8 Å². The lowest BCUT2D eigenvalue weighted by atomic mass is 10.2. The third-order valence-corrected chi connectivity index (χ3v) is 3.84. The summed E-state index contributed by atoms with van der Waals surface area (Å²) in [6, 6.07) is -0.128. The zero-order chi connectivity index (χ0) is 19.2. The Kier molecular flexibility index (Phi) is 21.0. The van der Waals surface area contributed by atoms with E-state index < -0.39 is 24.6 Å². The Bertz CT molecular complexity index is 362. The number of ether oxygens (including phenoxy) is 2. The molecular weight excluding hydrogens is 395 g/mol. The van der Waals surface area contributed by atoms with E-state index in [-0.39, 0.29) is 30.9 Å². The van der Waals surface area contributed by atoms with Crippen LogP contribution in [0.5, 0.6) is 0 Å². The average molecular weight is 433 g/mol. The van der Waals surface area contributed by atoms with Gasteiger partial charge in [-0.05, 0) is 33.6 Å².